The number of alkyl halides is 3. The standard InChI is InChI=1S/C10H13F3N2O5S/c1-14-4-6-2-8(20-21(18,19)10(11,12)13)3-7(5-14)15(6)9(16)17/h2,6-7H,3-5H2,1H3,(H,16,17). The fourth-order valence-corrected chi connectivity index (χ4v) is 3.06. The molecule has 2 rings (SSSR count). The minimum Gasteiger partial charge on any atom is -0.465 e. The average molecular weight is 330 g/mol. The lowest BCUT2D eigenvalue weighted by atomic mass is 9.97. The molecule has 0 spiro atoms. The first-order chi connectivity index (χ1) is 9.51. The van der Waals surface area contributed by atoms with Crippen molar-refractivity contribution in [3.63, 3.8) is 0 Å². The van der Waals surface area contributed by atoms with E-state index in [-0.39, 0.29) is 25.3 Å². The summed E-state index contributed by atoms with van der Waals surface area (Å²) in [5.74, 6) is -0.368. The van der Waals surface area contributed by atoms with Crippen molar-refractivity contribution in [3.05, 3.63) is 11.8 Å². The number of nitrogens with zero attached hydrogens (tertiary/aromatic N) is 2. The number of hydrogen-bond donors (Lipinski definition) is 1. The third-order valence-corrected chi connectivity index (χ3v) is 4.31. The van der Waals surface area contributed by atoms with Crippen LogP contribution in [0.15, 0.2) is 11.8 Å². The highest BCUT2D eigenvalue weighted by atomic mass is 32.2. The molecule has 0 saturated carbocycles. The Hall–Kier alpha value is -1.49. The van der Waals surface area contributed by atoms with Crippen LogP contribution in [0.25, 0.3) is 0 Å². The van der Waals surface area contributed by atoms with Gasteiger partial charge in [0, 0.05) is 19.5 Å². The Morgan fingerprint density at radius 3 is 2.52 bits per heavy atom. The highest BCUT2D eigenvalue weighted by molar-refractivity contribution is 7.87. The number of carboxylic acid groups (broad SMARTS) is 1. The van der Waals surface area contributed by atoms with Gasteiger partial charge in [-0.15, -0.1) is 0 Å². The van der Waals surface area contributed by atoms with Gasteiger partial charge in [-0.2, -0.15) is 21.6 Å². The molecule has 2 atom stereocenters. The molecule has 120 valence electrons. The van der Waals surface area contributed by atoms with Gasteiger partial charge in [0.2, 0.25) is 0 Å². The van der Waals surface area contributed by atoms with E-state index in [0.717, 1.165) is 11.0 Å². The molecule has 2 aliphatic rings. The molecule has 2 bridgehead atoms. The molecule has 1 saturated heterocycles. The lowest BCUT2D eigenvalue weighted by molar-refractivity contribution is -0.0531. The van der Waals surface area contributed by atoms with Gasteiger partial charge in [-0.25, -0.2) is 4.79 Å². The number of piperazine rings is 1. The van der Waals surface area contributed by atoms with E-state index in [2.05, 4.69) is 4.18 Å². The van der Waals surface area contributed by atoms with E-state index in [9.17, 15) is 26.4 Å². The minimum absolute atomic E-state index is 0.220. The van der Waals surface area contributed by atoms with Crippen molar-refractivity contribution in [3.8, 4) is 0 Å². The summed E-state index contributed by atoms with van der Waals surface area (Å²) in [6.45, 7) is 0.539. The van der Waals surface area contributed by atoms with Crippen LogP contribution in [0, 0.1) is 0 Å². The molecular formula is C10H13F3N2O5S. The zero-order chi connectivity index (χ0) is 16.0. The Labute approximate surface area is 118 Å². The first kappa shape index (κ1) is 15.9. The highest BCUT2D eigenvalue weighted by Gasteiger charge is 2.50. The van der Waals surface area contributed by atoms with Crippen molar-refractivity contribution >= 4 is 16.2 Å². The predicted octanol–water partition coefficient (Wildman–Crippen LogP) is 0.803. The van der Waals surface area contributed by atoms with Gasteiger partial charge >= 0.3 is 21.7 Å². The van der Waals surface area contributed by atoms with Gasteiger partial charge in [-0.1, -0.05) is 0 Å². The zero-order valence-corrected chi connectivity index (χ0v) is 11.7. The van der Waals surface area contributed by atoms with E-state index in [1.807, 2.05) is 4.90 Å². The van der Waals surface area contributed by atoms with Crippen LogP contribution in [-0.2, 0) is 14.3 Å². The highest BCUT2D eigenvalue weighted by Crippen LogP contribution is 2.33. The van der Waals surface area contributed by atoms with Crippen LogP contribution < -0.4 is 0 Å². The van der Waals surface area contributed by atoms with Gasteiger partial charge in [-0.3, -0.25) is 4.90 Å². The second-order valence-corrected chi connectivity index (χ2v) is 6.49. The zero-order valence-electron chi connectivity index (χ0n) is 10.9. The molecule has 1 amide bonds. The van der Waals surface area contributed by atoms with Crippen LogP contribution >= 0.6 is 0 Å². The molecule has 2 heterocycles. The maximum Gasteiger partial charge on any atom is 0.534 e. The molecule has 0 aromatic heterocycles. The molecule has 0 aromatic carbocycles. The summed E-state index contributed by atoms with van der Waals surface area (Å²) >= 11 is 0. The SMILES string of the molecule is CN1CC2C=C(OS(=O)(=O)C(F)(F)F)CC(C1)N2C(=O)O. The quantitative estimate of drug-likeness (QED) is 0.595. The molecule has 1 N–H and O–H groups in total. The number of rotatable bonds is 2. The molecule has 21 heavy (non-hydrogen) atoms. The van der Waals surface area contributed by atoms with Crippen molar-refractivity contribution in [1.29, 1.82) is 0 Å². The number of halogens is 3. The third-order valence-electron chi connectivity index (χ3n) is 3.31. The molecule has 1 fully saturated rings. The second kappa shape index (κ2) is 5.05. The summed E-state index contributed by atoms with van der Waals surface area (Å²) in [4.78, 5) is 14.1. The van der Waals surface area contributed by atoms with Crippen molar-refractivity contribution in [2.24, 2.45) is 0 Å². The molecule has 7 nitrogen and oxygen atoms in total. The van der Waals surface area contributed by atoms with Gasteiger partial charge in [0.25, 0.3) is 0 Å². The Bertz CT molecular complexity index is 574. The van der Waals surface area contributed by atoms with Crippen molar-refractivity contribution in [2.75, 3.05) is 20.1 Å². The van der Waals surface area contributed by atoms with Crippen LogP contribution in [0.1, 0.15) is 6.42 Å². The van der Waals surface area contributed by atoms with E-state index in [0.29, 0.717) is 0 Å². The Morgan fingerprint density at radius 2 is 2.05 bits per heavy atom. The summed E-state index contributed by atoms with van der Waals surface area (Å²) in [5.41, 5.74) is -5.51. The molecular weight excluding hydrogens is 317 g/mol. The Kier molecular flexibility index (Phi) is 3.82. The maximum absolute atomic E-state index is 12.3. The lowest BCUT2D eigenvalue weighted by Gasteiger charge is -2.46. The van der Waals surface area contributed by atoms with Gasteiger partial charge in [-0.05, 0) is 13.1 Å². The fourth-order valence-electron chi connectivity index (χ4n) is 2.56. The Morgan fingerprint density at radius 1 is 1.43 bits per heavy atom. The van der Waals surface area contributed by atoms with Crippen molar-refractivity contribution < 1.29 is 35.7 Å². The summed E-state index contributed by atoms with van der Waals surface area (Å²) in [6.07, 6.45) is -0.307. The average Bonchev–Trinajstić information content (AvgIpc) is 2.23. The number of hydrogen-bond acceptors (Lipinski definition) is 5. The van der Waals surface area contributed by atoms with E-state index in [4.69, 9.17) is 5.11 Å². The molecule has 0 radical (unpaired) electrons. The van der Waals surface area contributed by atoms with Crippen LogP contribution in [0.2, 0.25) is 0 Å². The molecule has 0 aliphatic carbocycles. The fraction of sp³-hybridized carbons (Fsp3) is 0.700. The van der Waals surface area contributed by atoms with Gasteiger partial charge in [0.05, 0.1) is 12.1 Å². The van der Waals surface area contributed by atoms with Crippen LogP contribution in [0.5, 0.6) is 0 Å². The molecule has 2 unspecified atom stereocenters. The summed E-state index contributed by atoms with van der Waals surface area (Å²) < 4.78 is 63.0. The van der Waals surface area contributed by atoms with E-state index < -0.39 is 33.8 Å². The maximum atomic E-state index is 12.3. The summed E-state index contributed by atoms with van der Waals surface area (Å²) in [6, 6.07) is -1.38. The molecule has 0 aromatic rings. The van der Waals surface area contributed by atoms with Crippen molar-refractivity contribution in [2.45, 2.75) is 24.0 Å². The number of amides is 1. The summed E-state index contributed by atoms with van der Waals surface area (Å²) in [5, 5.41) is 9.12. The first-order valence-electron chi connectivity index (χ1n) is 5.92. The summed E-state index contributed by atoms with van der Waals surface area (Å²) in [7, 11) is -3.99. The predicted molar refractivity (Wildman–Crippen MR) is 63.7 cm³/mol. The van der Waals surface area contributed by atoms with Crippen LogP contribution in [-0.4, -0.2) is 67.1 Å². The van der Waals surface area contributed by atoms with E-state index in [1.165, 1.54) is 0 Å². The molecule has 2 aliphatic heterocycles. The van der Waals surface area contributed by atoms with Crippen LogP contribution in [0.4, 0.5) is 18.0 Å². The Balaban J connectivity index is 2.25. The normalized spacial score (nSPS) is 27.2. The van der Waals surface area contributed by atoms with Gasteiger partial charge < -0.3 is 14.2 Å². The number of fused-ring (bicyclic) bond motifs is 2. The monoisotopic (exact) mass is 330 g/mol. The van der Waals surface area contributed by atoms with E-state index in [1.54, 1.807) is 7.05 Å². The van der Waals surface area contributed by atoms with Crippen LogP contribution in [0.3, 0.4) is 0 Å². The smallest absolute Gasteiger partial charge is 0.465 e. The first-order valence-corrected chi connectivity index (χ1v) is 7.33. The second-order valence-electron chi connectivity index (χ2n) is 4.95. The van der Waals surface area contributed by atoms with Crippen molar-refractivity contribution in [1.82, 2.24) is 9.80 Å². The number of carbonyl (C=O) groups is 1. The number of likely N-dealkylation sites (N-methyl/N-ethyl adjacent to an activating group) is 1. The third kappa shape index (κ3) is 3.07. The van der Waals surface area contributed by atoms with E-state index >= 15 is 0 Å². The molecule has 11 heteroatoms. The van der Waals surface area contributed by atoms with Gasteiger partial charge in [0.1, 0.15) is 5.76 Å². The minimum atomic E-state index is -5.73. The van der Waals surface area contributed by atoms with Gasteiger partial charge in [0.15, 0.2) is 0 Å². The lowest BCUT2D eigenvalue weighted by Crippen LogP contribution is -2.60. The topological polar surface area (TPSA) is 87.2 Å². The largest absolute Gasteiger partial charge is 0.534 e.